The molecule has 8 nitrogen and oxygen atoms in total. The fourth-order valence-corrected chi connectivity index (χ4v) is 3.42. The summed E-state index contributed by atoms with van der Waals surface area (Å²) in [5.41, 5.74) is 1.06. The van der Waals surface area contributed by atoms with Gasteiger partial charge in [-0.1, -0.05) is 12.1 Å². The molecule has 3 aromatic rings. The van der Waals surface area contributed by atoms with E-state index in [1.807, 2.05) is 33.7 Å². The molecule has 0 aliphatic carbocycles. The molecule has 1 aliphatic rings. The molecule has 1 aliphatic heterocycles. The van der Waals surface area contributed by atoms with Gasteiger partial charge in [-0.05, 0) is 18.6 Å². The van der Waals surface area contributed by atoms with E-state index in [-0.39, 0.29) is 11.2 Å². The summed E-state index contributed by atoms with van der Waals surface area (Å²) in [6, 6.07) is 7.71. The second kappa shape index (κ2) is 5.51. The Kier molecular flexibility index (Phi) is 3.41. The van der Waals surface area contributed by atoms with Crippen LogP contribution < -0.4 is 20.9 Å². The van der Waals surface area contributed by atoms with Crippen molar-refractivity contribution in [3.8, 4) is 5.75 Å². The van der Waals surface area contributed by atoms with Gasteiger partial charge in [-0.15, -0.1) is 0 Å². The Morgan fingerprint density at radius 1 is 1.08 bits per heavy atom. The fourth-order valence-electron chi connectivity index (χ4n) is 3.42. The first-order chi connectivity index (χ1) is 12.0. The van der Waals surface area contributed by atoms with Crippen molar-refractivity contribution in [2.24, 2.45) is 14.1 Å². The maximum atomic E-state index is 12.6. The predicted molar refractivity (Wildman–Crippen MR) is 94.8 cm³/mol. The molecule has 2 aromatic heterocycles. The van der Waals surface area contributed by atoms with Crippen LogP contribution in [0.3, 0.4) is 0 Å². The highest BCUT2D eigenvalue weighted by Gasteiger charge is 2.27. The van der Waals surface area contributed by atoms with Crippen molar-refractivity contribution in [1.82, 2.24) is 18.7 Å². The number of hydrogen-bond donors (Lipinski definition) is 0. The zero-order chi connectivity index (χ0) is 17.7. The van der Waals surface area contributed by atoms with Crippen molar-refractivity contribution in [3.05, 3.63) is 45.1 Å². The van der Waals surface area contributed by atoms with Gasteiger partial charge in [0.1, 0.15) is 5.75 Å². The molecule has 130 valence electrons. The first kappa shape index (κ1) is 15.5. The molecule has 0 bridgehead atoms. The van der Waals surface area contributed by atoms with Crippen LogP contribution in [0.15, 0.2) is 33.9 Å². The first-order valence-corrected chi connectivity index (χ1v) is 8.11. The molecule has 0 atom stereocenters. The van der Waals surface area contributed by atoms with Gasteiger partial charge in [0.25, 0.3) is 5.56 Å². The maximum Gasteiger partial charge on any atom is 0.332 e. The molecule has 0 amide bonds. The third-order valence-corrected chi connectivity index (χ3v) is 4.71. The van der Waals surface area contributed by atoms with Gasteiger partial charge in [0, 0.05) is 27.2 Å². The van der Waals surface area contributed by atoms with Crippen molar-refractivity contribution in [1.29, 1.82) is 0 Å². The molecule has 4 rings (SSSR count). The maximum absolute atomic E-state index is 12.6. The van der Waals surface area contributed by atoms with Crippen molar-refractivity contribution in [2.75, 3.05) is 18.6 Å². The molecule has 0 N–H and O–H groups in total. The Labute approximate surface area is 143 Å². The highest BCUT2D eigenvalue weighted by molar-refractivity contribution is 5.78. The van der Waals surface area contributed by atoms with Crippen LogP contribution in [0.2, 0.25) is 0 Å². The molecule has 3 heterocycles. The van der Waals surface area contributed by atoms with Gasteiger partial charge >= 0.3 is 5.69 Å². The van der Waals surface area contributed by atoms with Crippen molar-refractivity contribution < 1.29 is 4.74 Å². The molecular formula is C17H19N5O3. The zero-order valence-electron chi connectivity index (χ0n) is 14.4. The van der Waals surface area contributed by atoms with E-state index in [0.717, 1.165) is 29.0 Å². The number of fused-ring (bicyclic) bond motifs is 3. The number of para-hydroxylation sites is 2. The SMILES string of the molecule is COc1ccccc1N1CCCn2c1nc1c2c(=O)n(C)c(=O)n1C. The number of benzene rings is 1. The molecule has 1 aromatic carbocycles. The number of rotatable bonds is 2. The van der Waals surface area contributed by atoms with E-state index in [0.29, 0.717) is 23.7 Å². The first-order valence-electron chi connectivity index (χ1n) is 8.11. The lowest BCUT2D eigenvalue weighted by atomic mass is 10.2. The lowest BCUT2D eigenvalue weighted by molar-refractivity contribution is 0.414. The van der Waals surface area contributed by atoms with Crippen molar-refractivity contribution in [3.63, 3.8) is 0 Å². The van der Waals surface area contributed by atoms with Gasteiger partial charge in [0.05, 0.1) is 12.8 Å². The number of methoxy groups -OCH3 is 1. The highest BCUT2D eigenvalue weighted by Crippen LogP contribution is 2.36. The van der Waals surface area contributed by atoms with Crippen LogP contribution >= 0.6 is 0 Å². The number of aromatic nitrogens is 4. The largest absolute Gasteiger partial charge is 0.495 e. The van der Waals surface area contributed by atoms with Crippen molar-refractivity contribution in [2.45, 2.75) is 13.0 Å². The van der Waals surface area contributed by atoms with Gasteiger partial charge in [-0.3, -0.25) is 13.9 Å². The topological polar surface area (TPSA) is 74.3 Å². The van der Waals surface area contributed by atoms with Gasteiger partial charge in [-0.25, -0.2) is 4.79 Å². The summed E-state index contributed by atoms with van der Waals surface area (Å²) < 4.78 is 9.91. The van der Waals surface area contributed by atoms with E-state index in [1.165, 1.54) is 11.6 Å². The second-order valence-electron chi connectivity index (χ2n) is 6.12. The average Bonchev–Trinajstić information content (AvgIpc) is 3.04. The number of hydrogen-bond acceptors (Lipinski definition) is 5. The van der Waals surface area contributed by atoms with Gasteiger partial charge in [0.2, 0.25) is 5.95 Å². The number of imidazole rings is 1. The molecular weight excluding hydrogens is 322 g/mol. The summed E-state index contributed by atoms with van der Waals surface area (Å²) in [5, 5.41) is 0. The van der Waals surface area contributed by atoms with E-state index in [4.69, 9.17) is 4.74 Å². The number of ether oxygens (including phenoxy) is 1. The molecule has 0 saturated heterocycles. The molecule has 0 saturated carbocycles. The lowest BCUT2D eigenvalue weighted by Gasteiger charge is -2.30. The zero-order valence-corrected chi connectivity index (χ0v) is 14.4. The summed E-state index contributed by atoms with van der Waals surface area (Å²) in [5.74, 6) is 1.40. The minimum absolute atomic E-state index is 0.321. The summed E-state index contributed by atoms with van der Waals surface area (Å²) in [6.45, 7) is 1.45. The smallest absolute Gasteiger partial charge is 0.332 e. The standard InChI is InChI=1S/C17H19N5O3/c1-19-14-13(15(23)20(2)17(19)24)22-10-6-9-21(16(22)18-14)11-7-4-5-8-12(11)25-3/h4-5,7-8H,6,9-10H2,1-3H3. The molecule has 25 heavy (non-hydrogen) atoms. The minimum Gasteiger partial charge on any atom is -0.495 e. The molecule has 0 unspecified atom stereocenters. The van der Waals surface area contributed by atoms with E-state index < -0.39 is 0 Å². The second-order valence-corrected chi connectivity index (χ2v) is 6.12. The quantitative estimate of drug-likeness (QED) is 0.695. The highest BCUT2D eigenvalue weighted by atomic mass is 16.5. The number of anilines is 2. The van der Waals surface area contributed by atoms with Crippen LogP contribution in [0.4, 0.5) is 11.6 Å². The van der Waals surface area contributed by atoms with Gasteiger partial charge in [-0.2, -0.15) is 4.98 Å². The van der Waals surface area contributed by atoms with Crippen LogP contribution in [-0.2, 0) is 20.6 Å². The summed E-state index contributed by atoms with van der Waals surface area (Å²) in [7, 11) is 4.76. The lowest BCUT2D eigenvalue weighted by Crippen LogP contribution is -2.38. The van der Waals surface area contributed by atoms with E-state index >= 15 is 0 Å². The van der Waals surface area contributed by atoms with Crippen LogP contribution in [0.5, 0.6) is 5.75 Å². The number of nitrogens with zero attached hydrogens (tertiary/aromatic N) is 5. The normalized spacial score (nSPS) is 14.0. The third kappa shape index (κ3) is 2.10. The van der Waals surface area contributed by atoms with Crippen LogP contribution in [0.1, 0.15) is 6.42 Å². The van der Waals surface area contributed by atoms with E-state index in [2.05, 4.69) is 4.98 Å². The van der Waals surface area contributed by atoms with Crippen molar-refractivity contribution >= 4 is 22.8 Å². The van der Waals surface area contributed by atoms with Crippen LogP contribution in [0, 0.1) is 0 Å². The van der Waals surface area contributed by atoms with E-state index in [9.17, 15) is 9.59 Å². The monoisotopic (exact) mass is 341 g/mol. The van der Waals surface area contributed by atoms with Gasteiger partial charge in [0.15, 0.2) is 11.2 Å². The molecule has 8 heteroatoms. The van der Waals surface area contributed by atoms with Gasteiger partial charge < -0.3 is 14.2 Å². The Morgan fingerprint density at radius 2 is 1.84 bits per heavy atom. The number of aryl methyl sites for hydroxylation is 2. The summed E-state index contributed by atoms with van der Waals surface area (Å²) in [6.07, 6.45) is 0.864. The third-order valence-electron chi connectivity index (χ3n) is 4.71. The van der Waals surface area contributed by atoms with Crippen LogP contribution in [0.25, 0.3) is 11.2 Å². The Hall–Kier alpha value is -3.03. The molecule has 0 fully saturated rings. The average molecular weight is 341 g/mol. The Bertz CT molecular complexity index is 1090. The minimum atomic E-state index is -0.378. The molecule has 0 spiro atoms. The van der Waals surface area contributed by atoms with Crippen LogP contribution in [-0.4, -0.2) is 32.3 Å². The van der Waals surface area contributed by atoms with E-state index in [1.54, 1.807) is 14.2 Å². The predicted octanol–water partition coefficient (Wildman–Crippen LogP) is 0.984. The fraction of sp³-hybridized carbons (Fsp3) is 0.353. The molecule has 0 radical (unpaired) electrons. The summed E-state index contributed by atoms with van der Waals surface area (Å²) >= 11 is 0. The Balaban J connectivity index is 2.03. The summed E-state index contributed by atoms with van der Waals surface area (Å²) in [4.78, 5) is 31.5. The Morgan fingerprint density at radius 3 is 2.60 bits per heavy atom.